The number of aromatic nitrogens is 2. The number of rotatable bonds is 3. The van der Waals surface area contributed by atoms with Crippen molar-refractivity contribution in [3.8, 4) is 5.75 Å². The van der Waals surface area contributed by atoms with Gasteiger partial charge in [0, 0.05) is 23.0 Å². The number of para-hydroxylation sites is 1. The number of aryl methyl sites for hydroxylation is 2. The number of benzene rings is 2. The zero-order chi connectivity index (χ0) is 19.7. The molecule has 1 aromatic heterocycles. The highest BCUT2D eigenvalue weighted by Gasteiger charge is 2.27. The van der Waals surface area contributed by atoms with Crippen molar-refractivity contribution >= 4 is 17.6 Å². The van der Waals surface area contributed by atoms with E-state index in [1.54, 1.807) is 14.0 Å². The molecule has 0 spiro atoms. The Bertz CT molecular complexity index is 1120. The number of guanidine groups is 1. The quantitative estimate of drug-likeness (QED) is 0.734. The van der Waals surface area contributed by atoms with Gasteiger partial charge in [-0.3, -0.25) is 14.7 Å². The van der Waals surface area contributed by atoms with Crippen molar-refractivity contribution in [2.45, 2.75) is 20.0 Å². The SMILES string of the molecule is COc1ccccc1[C@H]1N=C(Nc2cccc(C)c2)Nc2nc(C)cc(=O)n21. The molecule has 0 fully saturated rings. The molecule has 2 heterocycles. The van der Waals surface area contributed by atoms with Crippen LogP contribution in [0.2, 0.25) is 0 Å². The van der Waals surface area contributed by atoms with Gasteiger partial charge in [-0.2, -0.15) is 0 Å². The van der Waals surface area contributed by atoms with Gasteiger partial charge in [-0.05, 0) is 37.6 Å². The van der Waals surface area contributed by atoms with Gasteiger partial charge in [-0.15, -0.1) is 0 Å². The standard InChI is InChI=1S/C21H21N5O2/c1-13-7-6-8-15(11-13)23-20-24-19(16-9-4-5-10-17(16)28-3)26-18(27)12-14(2)22-21(26)25-20/h4-12,19H,1-3H3,(H2,22,23,24,25)/t19-/m0/s1. The maximum atomic E-state index is 12.7. The van der Waals surface area contributed by atoms with E-state index in [0.717, 1.165) is 16.8 Å². The van der Waals surface area contributed by atoms with Crippen LogP contribution in [0, 0.1) is 13.8 Å². The predicted octanol–water partition coefficient (Wildman–Crippen LogP) is 3.31. The molecule has 4 rings (SSSR count). The Morgan fingerprint density at radius 2 is 1.93 bits per heavy atom. The lowest BCUT2D eigenvalue weighted by Crippen LogP contribution is -2.37. The van der Waals surface area contributed by atoms with E-state index in [4.69, 9.17) is 9.73 Å². The minimum atomic E-state index is -0.597. The summed E-state index contributed by atoms with van der Waals surface area (Å²) in [6.07, 6.45) is -0.597. The van der Waals surface area contributed by atoms with Crippen molar-refractivity contribution in [2.24, 2.45) is 4.99 Å². The van der Waals surface area contributed by atoms with Crippen molar-refractivity contribution in [1.82, 2.24) is 9.55 Å². The van der Waals surface area contributed by atoms with Crippen LogP contribution in [0.1, 0.15) is 23.0 Å². The van der Waals surface area contributed by atoms with E-state index in [9.17, 15) is 4.79 Å². The van der Waals surface area contributed by atoms with E-state index < -0.39 is 6.17 Å². The van der Waals surface area contributed by atoms with Gasteiger partial charge >= 0.3 is 0 Å². The fourth-order valence-corrected chi connectivity index (χ4v) is 3.26. The number of nitrogens with one attached hydrogen (secondary N) is 2. The van der Waals surface area contributed by atoms with Gasteiger partial charge in [0.15, 0.2) is 6.17 Å². The van der Waals surface area contributed by atoms with Crippen LogP contribution >= 0.6 is 0 Å². The second-order valence-electron chi connectivity index (χ2n) is 6.64. The maximum Gasteiger partial charge on any atom is 0.257 e. The van der Waals surface area contributed by atoms with E-state index in [0.29, 0.717) is 23.4 Å². The monoisotopic (exact) mass is 375 g/mol. The number of hydrogen-bond acceptors (Lipinski definition) is 6. The largest absolute Gasteiger partial charge is 0.496 e. The lowest BCUT2D eigenvalue weighted by molar-refractivity contribution is 0.401. The van der Waals surface area contributed by atoms with Crippen LogP contribution in [0.4, 0.5) is 11.6 Å². The number of nitrogens with zero attached hydrogens (tertiary/aromatic N) is 3. The minimum absolute atomic E-state index is 0.177. The number of ether oxygens (including phenoxy) is 1. The summed E-state index contributed by atoms with van der Waals surface area (Å²) in [5.74, 6) is 1.61. The first-order chi connectivity index (χ1) is 13.5. The highest BCUT2D eigenvalue weighted by Crippen LogP contribution is 2.31. The number of methoxy groups -OCH3 is 1. The molecule has 0 radical (unpaired) electrons. The zero-order valence-corrected chi connectivity index (χ0v) is 15.9. The second kappa shape index (κ2) is 7.19. The van der Waals surface area contributed by atoms with Crippen LogP contribution in [0.3, 0.4) is 0 Å². The Hall–Kier alpha value is -3.61. The average Bonchev–Trinajstić information content (AvgIpc) is 2.67. The van der Waals surface area contributed by atoms with Crippen LogP contribution in [0.15, 0.2) is 64.4 Å². The van der Waals surface area contributed by atoms with E-state index in [1.807, 2.05) is 55.5 Å². The predicted molar refractivity (Wildman–Crippen MR) is 110 cm³/mol. The Morgan fingerprint density at radius 1 is 1.11 bits per heavy atom. The summed E-state index contributed by atoms with van der Waals surface area (Å²) in [6.45, 7) is 3.82. The molecular weight excluding hydrogens is 354 g/mol. The minimum Gasteiger partial charge on any atom is -0.496 e. The Morgan fingerprint density at radius 3 is 2.71 bits per heavy atom. The normalized spacial score (nSPS) is 15.2. The third-order valence-corrected chi connectivity index (χ3v) is 4.50. The van der Waals surface area contributed by atoms with Crippen LogP contribution in [0.25, 0.3) is 0 Å². The van der Waals surface area contributed by atoms with E-state index in [1.165, 1.54) is 10.6 Å². The molecule has 2 N–H and O–H groups in total. The number of fused-ring (bicyclic) bond motifs is 1. The summed E-state index contributed by atoms with van der Waals surface area (Å²) < 4.78 is 7.03. The van der Waals surface area contributed by atoms with Crippen molar-refractivity contribution in [2.75, 3.05) is 17.7 Å². The van der Waals surface area contributed by atoms with Gasteiger partial charge in [-0.1, -0.05) is 30.3 Å². The van der Waals surface area contributed by atoms with Crippen molar-refractivity contribution in [3.63, 3.8) is 0 Å². The third kappa shape index (κ3) is 3.34. The summed E-state index contributed by atoms with van der Waals surface area (Å²) in [5, 5.41) is 6.42. The third-order valence-electron chi connectivity index (χ3n) is 4.50. The molecule has 28 heavy (non-hydrogen) atoms. The molecule has 1 atom stereocenters. The molecule has 3 aromatic rings. The molecule has 2 aromatic carbocycles. The Labute approximate surface area is 162 Å². The smallest absolute Gasteiger partial charge is 0.257 e. The Kier molecular flexibility index (Phi) is 4.57. The van der Waals surface area contributed by atoms with Crippen molar-refractivity contribution in [1.29, 1.82) is 0 Å². The number of anilines is 2. The van der Waals surface area contributed by atoms with Crippen LogP contribution in [-0.2, 0) is 0 Å². The van der Waals surface area contributed by atoms with Gasteiger partial charge in [0.2, 0.25) is 11.9 Å². The lowest BCUT2D eigenvalue weighted by atomic mass is 10.1. The van der Waals surface area contributed by atoms with Gasteiger partial charge in [-0.25, -0.2) is 9.98 Å². The van der Waals surface area contributed by atoms with Gasteiger partial charge in [0.25, 0.3) is 5.56 Å². The molecular formula is C21H21N5O2. The van der Waals surface area contributed by atoms with Crippen molar-refractivity contribution < 1.29 is 4.74 Å². The average molecular weight is 375 g/mol. The van der Waals surface area contributed by atoms with E-state index >= 15 is 0 Å². The van der Waals surface area contributed by atoms with Crippen molar-refractivity contribution in [3.05, 3.63) is 81.8 Å². The first-order valence-electron chi connectivity index (χ1n) is 8.97. The summed E-state index contributed by atoms with van der Waals surface area (Å²) >= 11 is 0. The van der Waals surface area contributed by atoms with Gasteiger partial charge in [0.1, 0.15) is 5.75 Å². The topological polar surface area (TPSA) is 80.5 Å². The first kappa shape index (κ1) is 17.8. The number of aliphatic imine (C=N–C) groups is 1. The molecule has 0 saturated heterocycles. The van der Waals surface area contributed by atoms with E-state index in [-0.39, 0.29) is 5.56 Å². The molecule has 7 heteroatoms. The van der Waals surface area contributed by atoms with Crippen LogP contribution in [-0.4, -0.2) is 22.6 Å². The summed E-state index contributed by atoms with van der Waals surface area (Å²) in [7, 11) is 1.60. The molecule has 0 amide bonds. The fourth-order valence-electron chi connectivity index (χ4n) is 3.26. The molecule has 0 saturated carbocycles. The van der Waals surface area contributed by atoms with E-state index in [2.05, 4.69) is 15.6 Å². The zero-order valence-electron chi connectivity index (χ0n) is 15.9. The van der Waals surface area contributed by atoms with Crippen LogP contribution < -0.4 is 20.9 Å². The summed E-state index contributed by atoms with van der Waals surface area (Å²) in [4.78, 5) is 22.0. The van der Waals surface area contributed by atoms with Crippen LogP contribution in [0.5, 0.6) is 5.75 Å². The van der Waals surface area contributed by atoms with Gasteiger partial charge < -0.3 is 10.1 Å². The fraction of sp³-hybridized carbons (Fsp3) is 0.190. The number of hydrogen-bond donors (Lipinski definition) is 2. The molecule has 142 valence electrons. The molecule has 7 nitrogen and oxygen atoms in total. The molecule has 0 unspecified atom stereocenters. The molecule has 1 aliphatic heterocycles. The second-order valence-corrected chi connectivity index (χ2v) is 6.64. The highest BCUT2D eigenvalue weighted by molar-refractivity contribution is 6.03. The lowest BCUT2D eigenvalue weighted by Gasteiger charge is -2.27. The maximum absolute atomic E-state index is 12.7. The summed E-state index contributed by atoms with van der Waals surface area (Å²) in [6, 6.07) is 17.0. The molecule has 0 aliphatic carbocycles. The Balaban J connectivity index is 1.84. The summed E-state index contributed by atoms with van der Waals surface area (Å²) in [5.41, 5.74) is 3.27. The highest BCUT2D eigenvalue weighted by atomic mass is 16.5. The first-order valence-corrected chi connectivity index (χ1v) is 8.97. The van der Waals surface area contributed by atoms with Gasteiger partial charge in [0.05, 0.1) is 7.11 Å². The molecule has 1 aliphatic rings. The molecule has 0 bridgehead atoms.